The number of benzene rings is 2. The molecule has 1 fully saturated rings. The molecule has 1 aromatic heterocycles. The molecule has 0 aliphatic carbocycles. The van der Waals surface area contributed by atoms with Gasteiger partial charge in [-0.2, -0.15) is 0 Å². The number of methoxy groups -OCH3 is 1. The average molecular weight is 491 g/mol. The van der Waals surface area contributed by atoms with Gasteiger partial charge in [-0.05, 0) is 92.1 Å². The van der Waals surface area contributed by atoms with Crippen LogP contribution in [0.1, 0.15) is 36.8 Å². The summed E-state index contributed by atoms with van der Waals surface area (Å²) >= 11 is 6.04. The fourth-order valence-corrected chi connectivity index (χ4v) is 5.23. The minimum Gasteiger partial charge on any atom is -0.497 e. The van der Waals surface area contributed by atoms with Crippen molar-refractivity contribution in [3.63, 3.8) is 0 Å². The molecule has 2 heterocycles. The molecule has 0 unspecified atom stereocenters. The van der Waals surface area contributed by atoms with Gasteiger partial charge in [0.1, 0.15) is 5.75 Å². The second-order valence-electron chi connectivity index (χ2n) is 9.20. The smallest absolute Gasteiger partial charge is 0.303 e. The lowest BCUT2D eigenvalue weighted by atomic mass is 9.80. The Morgan fingerprint density at radius 1 is 1.23 bits per heavy atom. The Bertz CT molecular complexity index is 1230. The molecule has 2 aromatic carbocycles. The summed E-state index contributed by atoms with van der Waals surface area (Å²) in [5.74, 6) is 7.06. The molecule has 0 saturated carbocycles. The minimum absolute atomic E-state index is 0.142. The molecule has 0 radical (unpaired) electrons. The number of fused-ring (bicyclic) bond motifs is 1. The lowest BCUT2D eigenvalue weighted by molar-refractivity contribution is -0.139. The molecule has 4 rings (SSSR count). The van der Waals surface area contributed by atoms with Gasteiger partial charge in [0.25, 0.3) is 0 Å². The normalized spacial score (nSPS) is 18.1. The maximum absolute atomic E-state index is 11.6. The third-order valence-corrected chi connectivity index (χ3v) is 7.07. The van der Waals surface area contributed by atoms with Crippen molar-refractivity contribution in [2.45, 2.75) is 32.1 Å². The van der Waals surface area contributed by atoms with E-state index in [1.54, 1.807) is 7.11 Å². The number of likely N-dealkylation sites (tertiary alicyclic amines) is 1. The van der Waals surface area contributed by atoms with Crippen LogP contribution in [0.5, 0.6) is 5.75 Å². The molecule has 1 aliphatic rings. The Balaban J connectivity index is 1.35. The number of aryl methyl sites for hydroxylation is 1. The van der Waals surface area contributed by atoms with E-state index in [1.165, 1.54) is 5.56 Å². The lowest BCUT2D eigenvalue weighted by Crippen LogP contribution is -2.41. The first kappa shape index (κ1) is 25.0. The van der Waals surface area contributed by atoms with Gasteiger partial charge in [0, 0.05) is 35.1 Å². The molecule has 1 N–H and O–H groups in total. The number of carboxylic acids is 1. The average Bonchev–Trinajstić information content (AvgIpc) is 2.85. The van der Waals surface area contributed by atoms with Crippen LogP contribution >= 0.6 is 11.6 Å². The first-order valence-corrected chi connectivity index (χ1v) is 12.5. The van der Waals surface area contributed by atoms with Gasteiger partial charge < -0.3 is 9.84 Å². The molecule has 6 heteroatoms. The van der Waals surface area contributed by atoms with Gasteiger partial charge in [-0.3, -0.25) is 14.7 Å². The molecule has 3 aromatic rings. The predicted molar refractivity (Wildman–Crippen MR) is 140 cm³/mol. The van der Waals surface area contributed by atoms with Gasteiger partial charge in [-0.25, -0.2) is 0 Å². The van der Waals surface area contributed by atoms with Crippen LogP contribution < -0.4 is 4.74 Å². The molecular formula is C29H31ClN2O3. The molecule has 35 heavy (non-hydrogen) atoms. The fourth-order valence-electron chi connectivity index (χ4n) is 5.04. The Morgan fingerprint density at radius 3 is 2.91 bits per heavy atom. The number of ether oxygens (including phenoxy) is 1. The number of hydrogen-bond donors (Lipinski definition) is 1. The van der Waals surface area contributed by atoms with Gasteiger partial charge >= 0.3 is 5.97 Å². The number of aromatic nitrogens is 1. The number of nitrogens with zero attached hydrogens (tertiary/aromatic N) is 2. The zero-order chi connectivity index (χ0) is 24.6. The van der Waals surface area contributed by atoms with E-state index in [4.69, 9.17) is 16.3 Å². The summed E-state index contributed by atoms with van der Waals surface area (Å²) in [5, 5.41) is 11.3. The summed E-state index contributed by atoms with van der Waals surface area (Å²) < 4.78 is 5.39. The van der Waals surface area contributed by atoms with Gasteiger partial charge in [0.05, 0.1) is 19.2 Å². The number of halogens is 1. The summed E-state index contributed by atoms with van der Waals surface area (Å²) in [6, 6.07) is 15.6. The van der Waals surface area contributed by atoms with Crippen molar-refractivity contribution in [3.05, 3.63) is 70.9 Å². The predicted octanol–water partition coefficient (Wildman–Crippen LogP) is 5.68. The molecule has 2 atom stereocenters. The van der Waals surface area contributed by atoms with Crippen molar-refractivity contribution in [3.8, 4) is 17.6 Å². The highest BCUT2D eigenvalue weighted by Gasteiger charge is 2.30. The summed E-state index contributed by atoms with van der Waals surface area (Å²) in [5.41, 5.74) is 3.13. The van der Waals surface area contributed by atoms with Crippen LogP contribution in [-0.2, 0) is 11.2 Å². The Kier molecular flexibility index (Phi) is 8.63. The SMILES string of the molecule is COc1ccc2nccc(CCC[C@@H]3CCN(CC#Cc4cccc(Cl)c4)C[C@@H]3CC(=O)O)c2c1. The molecule has 0 bridgehead atoms. The monoisotopic (exact) mass is 490 g/mol. The minimum atomic E-state index is -0.723. The highest BCUT2D eigenvalue weighted by molar-refractivity contribution is 6.30. The van der Waals surface area contributed by atoms with E-state index >= 15 is 0 Å². The second-order valence-corrected chi connectivity index (χ2v) is 9.64. The van der Waals surface area contributed by atoms with E-state index < -0.39 is 5.97 Å². The topological polar surface area (TPSA) is 62.7 Å². The standard InChI is InChI=1S/C29H31ClN2O3/c1-35-26-10-11-28-27(19-26)23(12-14-31-28)8-3-7-22-13-16-32(20-24(22)18-29(33)34)15-4-6-21-5-2-9-25(30)17-21/h2,5,9-12,14,17,19,22,24H,3,7-8,13,15-16,18,20H2,1H3,(H,33,34)/t22-,24+/m1/s1. The Morgan fingerprint density at radius 2 is 2.11 bits per heavy atom. The number of carbonyl (C=O) groups is 1. The number of carboxylic acid groups (broad SMARTS) is 1. The van der Waals surface area contributed by atoms with E-state index in [2.05, 4.69) is 27.8 Å². The highest BCUT2D eigenvalue weighted by atomic mass is 35.5. The van der Waals surface area contributed by atoms with Crippen molar-refractivity contribution < 1.29 is 14.6 Å². The molecule has 5 nitrogen and oxygen atoms in total. The van der Waals surface area contributed by atoms with Gasteiger partial charge in [0.15, 0.2) is 0 Å². The van der Waals surface area contributed by atoms with E-state index in [0.717, 1.165) is 61.0 Å². The number of hydrogen-bond acceptors (Lipinski definition) is 4. The zero-order valence-corrected chi connectivity index (χ0v) is 20.8. The van der Waals surface area contributed by atoms with E-state index in [0.29, 0.717) is 17.5 Å². The summed E-state index contributed by atoms with van der Waals surface area (Å²) in [6.07, 6.45) is 6.05. The van der Waals surface area contributed by atoms with Gasteiger partial charge in [-0.1, -0.05) is 29.5 Å². The van der Waals surface area contributed by atoms with E-state index in [1.807, 2.05) is 48.7 Å². The van der Waals surface area contributed by atoms with Crippen LogP contribution in [0.2, 0.25) is 5.02 Å². The fraction of sp³-hybridized carbons (Fsp3) is 0.379. The van der Waals surface area contributed by atoms with Crippen LogP contribution in [0.4, 0.5) is 0 Å². The second kappa shape index (κ2) is 12.1. The molecule has 0 amide bonds. The van der Waals surface area contributed by atoms with Crippen molar-refractivity contribution in [2.24, 2.45) is 11.8 Å². The number of rotatable bonds is 8. The van der Waals surface area contributed by atoms with Crippen LogP contribution in [-0.4, -0.2) is 47.7 Å². The Labute approximate surface area is 212 Å². The summed E-state index contributed by atoms with van der Waals surface area (Å²) in [6.45, 7) is 2.36. The quantitative estimate of drug-likeness (QED) is 0.411. The van der Waals surface area contributed by atoms with E-state index in [9.17, 15) is 9.90 Å². The van der Waals surface area contributed by atoms with E-state index in [-0.39, 0.29) is 12.3 Å². The molecule has 0 spiro atoms. The third kappa shape index (κ3) is 6.97. The molecule has 182 valence electrons. The van der Waals surface area contributed by atoms with Crippen molar-refractivity contribution >= 4 is 28.5 Å². The first-order chi connectivity index (χ1) is 17.0. The zero-order valence-electron chi connectivity index (χ0n) is 20.0. The first-order valence-electron chi connectivity index (χ1n) is 12.1. The number of aliphatic carboxylic acids is 1. The maximum Gasteiger partial charge on any atom is 0.303 e. The van der Waals surface area contributed by atoms with Gasteiger partial charge in [-0.15, -0.1) is 0 Å². The summed E-state index contributed by atoms with van der Waals surface area (Å²) in [4.78, 5) is 18.3. The van der Waals surface area contributed by atoms with Gasteiger partial charge in [0.2, 0.25) is 0 Å². The van der Waals surface area contributed by atoms with Crippen molar-refractivity contribution in [1.29, 1.82) is 0 Å². The van der Waals surface area contributed by atoms with Crippen LogP contribution in [0, 0.1) is 23.7 Å². The lowest BCUT2D eigenvalue weighted by Gasteiger charge is -2.37. The highest BCUT2D eigenvalue weighted by Crippen LogP contribution is 2.31. The Hall–Kier alpha value is -3.07. The van der Waals surface area contributed by atoms with Crippen LogP contribution in [0.15, 0.2) is 54.7 Å². The third-order valence-electron chi connectivity index (χ3n) is 6.83. The molecule has 1 aliphatic heterocycles. The largest absolute Gasteiger partial charge is 0.497 e. The van der Waals surface area contributed by atoms with Crippen molar-refractivity contribution in [2.75, 3.05) is 26.7 Å². The van der Waals surface area contributed by atoms with Crippen LogP contribution in [0.25, 0.3) is 10.9 Å². The molecular weight excluding hydrogens is 460 g/mol. The summed E-state index contributed by atoms with van der Waals surface area (Å²) in [7, 11) is 1.68. The number of piperidine rings is 1. The van der Waals surface area contributed by atoms with Crippen LogP contribution in [0.3, 0.4) is 0 Å². The number of pyridine rings is 1. The molecule has 1 saturated heterocycles. The maximum atomic E-state index is 11.6. The van der Waals surface area contributed by atoms with Crippen molar-refractivity contribution in [1.82, 2.24) is 9.88 Å².